The lowest BCUT2D eigenvalue weighted by atomic mass is 10.0. The first-order valence-electron chi connectivity index (χ1n) is 9.96. The number of hydrogen-bond donors (Lipinski definition) is 4. The molecular weight excluding hydrogens is 457 g/mol. The Morgan fingerprint density at radius 3 is 2.59 bits per heavy atom. The number of pyridine rings is 1. The van der Waals surface area contributed by atoms with Crippen LogP contribution in [-0.2, 0) is 22.6 Å². The first-order chi connectivity index (χ1) is 15.2. The third-order valence-corrected chi connectivity index (χ3v) is 5.91. The normalized spacial score (nSPS) is 16.4. The molecule has 1 aromatic carbocycles. The van der Waals surface area contributed by atoms with Crippen LogP contribution in [0.3, 0.4) is 0 Å². The van der Waals surface area contributed by atoms with Crippen molar-refractivity contribution >= 4 is 46.9 Å². The summed E-state index contributed by atoms with van der Waals surface area (Å²) in [6.45, 7) is 0.464. The van der Waals surface area contributed by atoms with Gasteiger partial charge in [-0.15, -0.1) is 0 Å². The molecule has 2 heterocycles. The number of aromatic nitrogens is 1. The van der Waals surface area contributed by atoms with Crippen LogP contribution in [-0.4, -0.2) is 51.5 Å². The highest BCUT2D eigenvalue weighted by atomic mass is 35.5. The molecule has 0 saturated carbocycles. The van der Waals surface area contributed by atoms with Gasteiger partial charge in [0, 0.05) is 25.7 Å². The molecular formula is C21H23Cl2N5O4. The van der Waals surface area contributed by atoms with Gasteiger partial charge in [0.2, 0.25) is 11.8 Å². The smallest absolute Gasteiger partial charge is 0.407 e. The Kier molecular flexibility index (Phi) is 7.76. The standard InChI is InChI=1S/C21H23Cl2N5O4/c22-14-5-3-12(8-15(14)23)9-16(19(29)26-11-13-4-6-18(24)25-10-13)27-20(30)17-2-1-7-28(17)21(31)32/h3-6,8,10,16-17H,1-2,7,9,11H2,(H2,24,25)(H,26,29)(H,27,30)(H,31,32)/t16-,17+/m0/s1. The molecule has 170 valence electrons. The van der Waals surface area contributed by atoms with Gasteiger partial charge >= 0.3 is 6.09 Å². The Balaban J connectivity index is 1.74. The lowest BCUT2D eigenvalue weighted by Crippen LogP contribution is -2.53. The molecule has 3 amide bonds. The fourth-order valence-corrected chi connectivity index (χ4v) is 3.82. The Bertz CT molecular complexity index is 1000. The van der Waals surface area contributed by atoms with E-state index in [1.54, 1.807) is 36.5 Å². The Labute approximate surface area is 194 Å². The molecule has 0 bridgehead atoms. The number of halogens is 2. The molecule has 2 aromatic rings. The van der Waals surface area contributed by atoms with Crippen LogP contribution in [0.4, 0.5) is 10.6 Å². The zero-order chi connectivity index (χ0) is 23.3. The summed E-state index contributed by atoms with van der Waals surface area (Å²) < 4.78 is 0. The van der Waals surface area contributed by atoms with Gasteiger partial charge in [0.05, 0.1) is 10.0 Å². The summed E-state index contributed by atoms with van der Waals surface area (Å²) in [5.41, 5.74) is 7.00. The molecule has 0 spiro atoms. The monoisotopic (exact) mass is 479 g/mol. The molecule has 0 aliphatic carbocycles. The van der Waals surface area contributed by atoms with Crippen molar-refractivity contribution in [2.75, 3.05) is 12.3 Å². The summed E-state index contributed by atoms with van der Waals surface area (Å²) in [6, 6.07) is 6.52. The Morgan fingerprint density at radius 2 is 1.94 bits per heavy atom. The van der Waals surface area contributed by atoms with E-state index >= 15 is 0 Å². The van der Waals surface area contributed by atoms with Crippen molar-refractivity contribution in [3.05, 3.63) is 57.7 Å². The van der Waals surface area contributed by atoms with Crippen molar-refractivity contribution in [3.8, 4) is 0 Å². The number of nitrogen functional groups attached to an aromatic ring is 1. The lowest BCUT2D eigenvalue weighted by Gasteiger charge is -2.24. The summed E-state index contributed by atoms with van der Waals surface area (Å²) >= 11 is 12.1. The fraction of sp³-hybridized carbons (Fsp3) is 0.333. The zero-order valence-electron chi connectivity index (χ0n) is 17.1. The second-order valence-electron chi connectivity index (χ2n) is 7.46. The first kappa shape index (κ1) is 23.6. The zero-order valence-corrected chi connectivity index (χ0v) is 18.6. The second kappa shape index (κ2) is 10.5. The largest absolute Gasteiger partial charge is 0.465 e. The average molecular weight is 480 g/mol. The number of carbonyl (C=O) groups is 3. The summed E-state index contributed by atoms with van der Waals surface area (Å²) in [7, 11) is 0. The molecule has 1 aliphatic rings. The quantitative estimate of drug-likeness (QED) is 0.481. The molecule has 1 aromatic heterocycles. The summed E-state index contributed by atoms with van der Waals surface area (Å²) in [6.07, 6.45) is 1.51. The maximum atomic E-state index is 12.9. The van der Waals surface area contributed by atoms with Gasteiger partial charge in [0.1, 0.15) is 17.9 Å². The van der Waals surface area contributed by atoms with E-state index in [1.165, 1.54) is 0 Å². The van der Waals surface area contributed by atoms with Gasteiger partial charge in [0.15, 0.2) is 0 Å². The van der Waals surface area contributed by atoms with Crippen molar-refractivity contribution in [1.82, 2.24) is 20.5 Å². The van der Waals surface area contributed by atoms with Crippen molar-refractivity contribution in [2.45, 2.75) is 37.9 Å². The average Bonchev–Trinajstić information content (AvgIpc) is 3.26. The van der Waals surface area contributed by atoms with Crippen LogP contribution in [0.15, 0.2) is 36.5 Å². The molecule has 3 rings (SSSR count). The number of benzene rings is 1. The minimum atomic E-state index is -1.16. The lowest BCUT2D eigenvalue weighted by molar-refractivity contribution is -0.131. The molecule has 0 radical (unpaired) electrons. The van der Waals surface area contributed by atoms with Crippen molar-refractivity contribution < 1.29 is 19.5 Å². The highest BCUT2D eigenvalue weighted by Crippen LogP contribution is 2.23. The van der Waals surface area contributed by atoms with Crippen LogP contribution >= 0.6 is 23.2 Å². The number of hydrogen-bond acceptors (Lipinski definition) is 5. The second-order valence-corrected chi connectivity index (χ2v) is 8.27. The van der Waals surface area contributed by atoms with E-state index in [0.717, 1.165) is 10.5 Å². The van der Waals surface area contributed by atoms with Crippen LogP contribution in [0, 0.1) is 0 Å². The maximum Gasteiger partial charge on any atom is 0.407 e. The van der Waals surface area contributed by atoms with E-state index in [4.69, 9.17) is 28.9 Å². The van der Waals surface area contributed by atoms with Gasteiger partial charge in [-0.1, -0.05) is 35.3 Å². The number of rotatable bonds is 7. The van der Waals surface area contributed by atoms with Gasteiger partial charge in [-0.2, -0.15) is 0 Å². The SMILES string of the molecule is Nc1ccc(CNC(=O)[C@H](Cc2ccc(Cl)c(Cl)c2)NC(=O)[C@H]2CCCN2C(=O)O)cn1. The minimum absolute atomic E-state index is 0.147. The van der Waals surface area contributed by atoms with E-state index in [2.05, 4.69) is 15.6 Å². The number of nitrogens with one attached hydrogen (secondary N) is 2. The van der Waals surface area contributed by atoms with Crippen molar-refractivity contribution in [1.29, 1.82) is 0 Å². The highest BCUT2D eigenvalue weighted by molar-refractivity contribution is 6.42. The Hall–Kier alpha value is -3.04. The van der Waals surface area contributed by atoms with Crippen LogP contribution in [0.25, 0.3) is 0 Å². The summed E-state index contributed by atoms with van der Waals surface area (Å²) in [5.74, 6) is -0.579. The number of nitrogens with zero attached hydrogens (tertiary/aromatic N) is 2. The van der Waals surface area contributed by atoms with E-state index < -0.39 is 30.0 Å². The molecule has 1 fully saturated rings. The molecule has 1 aliphatic heterocycles. The maximum absolute atomic E-state index is 12.9. The number of likely N-dealkylation sites (tertiary alicyclic amines) is 1. The Morgan fingerprint density at radius 1 is 1.19 bits per heavy atom. The van der Waals surface area contributed by atoms with E-state index in [9.17, 15) is 19.5 Å². The highest BCUT2D eigenvalue weighted by Gasteiger charge is 2.35. The number of carboxylic acid groups (broad SMARTS) is 1. The number of anilines is 1. The van der Waals surface area contributed by atoms with Crippen LogP contribution in [0.5, 0.6) is 0 Å². The summed E-state index contributed by atoms with van der Waals surface area (Å²) in [5, 5.41) is 15.5. The van der Waals surface area contributed by atoms with Crippen LogP contribution in [0.2, 0.25) is 10.0 Å². The van der Waals surface area contributed by atoms with Crippen molar-refractivity contribution in [3.63, 3.8) is 0 Å². The number of amides is 3. The van der Waals surface area contributed by atoms with Gasteiger partial charge in [-0.25, -0.2) is 9.78 Å². The van der Waals surface area contributed by atoms with E-state index in [1.807, 2.05) is 0 Å². The van der Waals surface area contributed by atoms with E-state index in [0.29, 0.717) is 34.3 Å². The van der Waals surface area contributed by atoms with E-state index in [-0.39, 0.29) is 19.5 Å². The first-order valence-corrected chi connectivity index (χ1v) is 10.7. The van der Waals surface area contributed by atoms with Gasteiger partial charge in [0.25, 0.3) is 0 Å². The molecule has 32 heavy (non-hydrogen) atoms. The third-order valence-electron chi connectivity index (χ3n) is 5.17. The topological polar surface area (TPSA) is 138 Å². The third kappa shape index (κ3) is 6.02. The summed E-state index contributed by atoms with van der Waals surface area (Å²) in [4.78, 5) is 42.2. The van der Waals surface area contributed by atoms with Gasteiger partial charge in [-0.3, -0.25) is 14.5 Å². The molecule has 5 N–H and O–H groups in total. The van der Waals surface area contributed by atoms with Crippen molar-refractivity contribution in [2.24, 2.45) is 0 Å². The predicted molar refractivity (Wildman–Crippen MR) is 120 cm³/mol. The number of nitrogens with two attached hydrogens (primary N) is 1. The van der Waals surface area contributed by atoms with Gasteiger partial charge < -0.3 is 21.5 Å². The van der Waals surface area contributed by atoms with Crippen LogP contribution < -0.4 is 16.4 Å². The number of carbonyl (C=O) groups excluding carboxylic acids is 2. The fourth-order valence-electron chi connectivity index (χ4n) is 3.50. The molecule has 9 nitrogen and oxygen atoms in total. The molecule has 1 saturated heterocycles. The minimum Gasteiger partial charge on any atom is -0.465 e. The molecule has 11 heteroatoms. The molecule has 0 unspecified atom stereocenters. The van der Waals surface area contributed by atoms with Gasteiger partial charge in [-0.05, 0) is 42.2 Å². The predicted octanol–water partition coefficient (Wildman–Crippen LogP) is 2.46. The molecule has 2 atom stereocenters. The van der Waals surface area contributed by atoms with Crippen LogP contribution in [0.1, 0.15) is 24.0 Å².